The van der Waals surface area contributed by atoms with E-state index in [4.69, 9.17) is 0 Å². The van der Waals surface area contributed by atoms with Crippen molar-refractivity contribution < 1.29 is 0 Å². The first-order chi connectivity index (χ1) is 8.79. The highest BCUT2D eigenvalue weighted by atomic mass is 32.1. The average Bonchev–Trinajstić information content (AvgIpc) is 2.83. The van der Waals surface area contributed by atoms with Gasteiger partial charge in [-0.25, -0.2) is 4.98 Å². The summed E-state index contributed by atoms with van der Waals surface area (Å²) < 4.78 is 0. The number of thiazole rings is 1. The van der Waals surface area contributed by atoms with Gasteiger partial charge in [0, 0.05) is 12.7 Å². The van der Waals surface area contributed by atoms with Gasteiger partial charge in [0.25, 0.3) is 0 Å². The largest absolute Gasteiger partial charge is 0.361 e. The first-order valence-corrected chi connectivity index (χ1v) is 6.94. The third kappa shape index (κ3) is 3.55. The maximum Gasteiger partial charge on any atom is 0.183 e. The third-order valence-corrected chi connectivity index (χ3v) is 3.62. The van der Waals surface area contributed by atoms with E-state index >= 15 is 0 Å². The van der Waals surface area contributed by atoms with E-state index in [1.165, 1.54) is 10.4 Å². The van der Waals surface area contributed by atoms with Gasteiger partial charge in [0.05, 0.1) is 4.88 Å². The molecule has 3 nitrogen and oxygen atoms in total. The molecule has 2 N–H and O–H groups in total. The summed E-state index contributed by atoms with van der Waals surface area (Å²) in [5, 5.41) is 7.47. The molecule has 18 heavy (non-hydrogen) atoms. The Morgan fingerprint density at radius 1 is 1.39 bits per heavy atom. The molecule has 0 saturated heterocycles. The van der Waals surface area contributed by atoms with Crippen molar-refractivity contribution in [3.8, 4) is 10.4 Å². The Kier molecular flexibility index (Phi) is 4.73. The predicted molar refractivity (Wildman–Crippen MR) is 78.2 cm³/mol. The van der Waals surface area contributed by atoms with Gasteiger partial charge in [-0.15, -0.1) is 0 Å². The van der Waals surface area contributed by atoms with Crippen molar-refractivity contribution in [3.05, 3.63) is 36.0 Å². The number of nitrogens with zero attached hydrogens (tertiary/aromatic N) is 1. The maximum atomic E-state index is 4.40. The van der Waals surface area contributed by atoms with E-state index in [1.54, 1.807) is 11.3 Å². The molecule has 0 aliphatic rings. The summed E-state index contributed by atoms with van der Waals surface area (Å²) in [6.45, 7) is 4.04. The maximum absolute atomic E-state index is 4.40. The van der Waals surface area contributed by atoms with Crippen LogP contribution in [0.25, 0.3) is 10.4 Å². The molecule has 0 saturated carbocycles. The Morgan fingerprint density at radius 2 is 2.28 bits per heavy atom. The normalized spacial score (nSPS) is 10.6. The number of hydrogen-bond acceptors (Lipinski definition) is 4. The fourth-order valence-electron chi connectivity index (χ4n) is 1.69. The molecule has 1 radical (unpaired) electrons. The molecule has 0 bridgehead atoms. The molecule has 1 aromatic heterocycles. The molecule has 2 rings (SSSR count). The van der Waals surface area contributed by atoms with Crippen LogP contribution in [0.3, 0.4) is 0 Å². The minimum atomic E-state index is 0.954. The fourth-order valence-corrected chi connectivity index (χ4v) is 2.53. The Labute approximate surface area is 112 Å². The highest BCUT2D eigenvalue weighted by Gasteiger charge is 2.04. The molecule has 0 aliphatic carbocycles. The zero-order valence-corrected chi connectivity index (χ0v) is 11.6. The lowest BCUT2D eigenvalue weighted by Gasteiger charge is -2.01. The SMILES string of the molecule is CNCCCNc1ncc(-c2cc[c]c(C)c2)s1. The molecule has 2 aromatic rings. The monoisotopic (exact) mass is 260 g/mol. The predicted octanol–water partition coefficient (Wildman–Crippen LogP) is 2.94. The molecule has 1 heterocycles. The van der Waals surface area contributed by atoms with E-state index in [9.17, 15) is 0 Å². The van der Waals surface area contributed by atoms with Crippen LogP contribution in [0.4, 0.5) is 5.13 Å². The van der Waals surface area contributed by atoms with Crippen LogP contribution in [-0.4, -0.2) is 25.1 Å². The average molecular weight is 260 g/mol. The number of hydrogen-bond donors (Lipinski definition) is 2. The van der Waals surface area contributed by atoms with Crippen LogP contribution < -0.4 is 10.6 Å². The van der Waals surface area contributed by atoms with Crippen LogP contribution in [0.5, 0.6) is 0 Å². The summed E-state index contributed by atoms with van der Waals surface area (Å²) in [4.78, 5) is 5.59. The molecule has 0 aliphatic heterocycles. The van der Waals surface area contributed by atoms with Crippen LogP contribution in [0.1, 0.15) is 12.0 Å². The molecular formula is C14H18N3S. The number of aryl methyl sites for hydroxylation is 1. The van der Waals surface area contributed by atoms with Gasteiger partial charge in [-0.1, -0.05) is 23.5 Å². The Balaban J connectivity index is 1.97. The van der Waals surface area contributed by atoms with Gasteiger partial charge in [0.15, 0.2) is 5.13 Å². The zero-order chi connectivity index (χ0) is 12.8. The smallest absolute Gasteiger partial charge is 0.183 e. The first-order valence-electron chi connectivity index (χ1n) is 6.12. The Bertz CT molecular complexity index is 493. The highest BCUT2D eigenvalue weighted by molar-refractivity contribution is 7.18. The molecule has 0 unspecified atom stereocenters. The number of rotatable bonds is 6. The second-order valence-corrected chi connectivity index (χ2v) is 5.20. The Morgan fingerprint density at radius 3 is 3.06 bits per heavy atom. The minimum Gasteiger partial charge on any atom is -0.361 e. The summed E-state index contributed by atoms with van der Waals surface area (Å²) in [6.07, 6.45) is 3.03. The topological polar surface area (TPSA) is 37.0 Å². The molecule has 1 aromatic carbocycles. The summed E-state index contributed by atoms with van der Waals surface area (Å²) in [7, 11) is 1.97. The van der Waals surface area contributed by atoms with E-state index < -0.39 is 0 Å². The standard InChI is InChI=1S/C14H18N3S/c1-11-5-3-6-12(9-11)13-10-17-14(18-13)16-8-4-7-15-2/h3,6,9-10,15H,4,7-8H2,1-2H3,(H,16,17). The van der Waals surface area contributed by atoms with Gasteiger partial charge in [0.1, 0.15) is 0 Å². The van der Waals surface area contributed by atoms with Gasteiger partial charge < -0.3 is 10.6 Å². The summed E-state index contributed by atoms with van der Waals surface area (Å²) in [5.74, 6) is 0. The second kappa shape index (κ2) is 6.52. The van der Waals surface area contributed by atoms with Crippen LogP contribution in [0.15, 0.2) is 24.4 Å². The lowest BCUT2D eigenvalue weighted by molar-refractivity contribution is 0.748. The molecule has 0 atom stereocenters. The molecule has 4 heteroatoms. The molecular weight excluding hydrogens is 242 g/mol. The fraction of sp³-hybridized carbons (Fsp3) is 0.357. The van der Waals surface area contributed by atoms with Gasteiger partial charge in [-0.3, -0.25) is 0 Å². The molecule has 0 amide bonds. The highest BCUT2D eigenvalue weighted by Crippen LogP contribution is 2.29. The number of benzene rings is 1. The number of aromatic nitrogens is 1. The number of nitrogens with one attached hydrogen (secondary N) is 2. The van der Waals surface area contributed by atoms with E-state index in [-0.39, 0.29) is 0 Å². The van der Waals surface area contributed by atoms with Crippen LogP contribution in [0, 0.1) is 13.0 Å². The van der Waals surface area contributed by atoms with Crippen molar-refractivity contribution in [1.82, 2.24) is 10.3 Å². The number of anilines is 1. The van der Waals surface area contributed by atoms with Gasteiger partial charge in [-0.05, 0) is 50.2 Å². The van der Waals surface area contributed by atoms with Crippen molar-refractivity contribution in [2.24, 2.45) is 0 Å². The molecule has 0 fully saturated rings. The lowest BCUT2D eigenvalue weighted by atomic mass is 10.1. The van der Waals surface area contributed by atoms with E-state index in [0.717, 1.165) is 30.2 Å². The summed E-state index contributed by atoms with van der Waals surface area (Å²) in [5.41, 5.74) is 2.37. The summed E-state index contributed by atoms with van der Waals surface area (Å²) in [6, 6.07) is 9.33. The zero-order valence-electron chi connectivity index (χ0n) is 10.8. The van der Waals surface area contributed by atoms with Crippen molar-refractivity contribution in [1.29, 1.82) is 0 Å². The van der Waals surface area contributed by atoms with Crippen LogP contribution >= 0.6 is 11.3 Å². The van der Waals surface area contributed by atoms with Crippen molar-refractivity contribution in [3.63, 3.8) is 0 Å². The van der Waals surface area contributed by atoms with E-state index in [1.807, 2.05) is 19.3 Å². The van der Waals surface area contributed by atoms with Gasteiger partial charge in [0.2, 0.25) is 0 Å². The van der Waals surface area contributed by atoms with E-state index in [0.29, 0.717) is 0 Å². The minimum absolute atomic E-state index is 0.954. The molecule has 0 spiro atoms. The first kappa shape index (κ1) is 13.1. The van der Waals surface area contributed by atoms with Gasteiger partial charge in [-0.2, -0.15) is 0 Å². The Hall–Kier alpha value is -1.39. The third-order valence-electron chi connectivity index (χ3n) is 2.62. The van der Waals surface area contributed by atoms with Gasteiger partial charge >= 0.3 is 0 Å². The quantitative estimate of drug-likeness (QED) is 0.784. The van der Waals surface area contributed by atoms with Crippen molar-refractivity contribution >= 4 is 16.5 Å². The van der Waals surface area contributed by atoms with E-state index in [2.05, 4.69) is 40.7 Å². The summed E-state index contributed by atoms with van der Waals surface area (Å²) >= 11 is 1.70. The lowest BCUT2D eigenvalue weighted by Crippen LogP contribution is -2.12. The second-order valence-electron chi connectivity index (χ2n) is 4.17. The molecule has 95 valence electrons. The van der Waals surface area contributed by atoms with Crippen LogP contribution in [-0.2, 0) is 0 Å². The van der Waals surface area contributed by atoms with Crippen molar-refractivity contribution in [2.75, 3.05) is 25.5 Å². The van der Waals surface area contributed by atoms with Crippen LogP contribution in [0.2, 0.25) is 0 Å². The van der Waals surface area contributed by atoms with Crippen molar-refractivity contribution in [2.45, 2.75) is 13.3 Å².